The van der Waals surface area contributed by atoms with E-state index >= 15 is 0 Å². The third-order valence-electron chi connectivity index (χ3n) is 2.27. The van der Waals surface area contributed by atoms with E-state index in [0.717, 1.165) is 6.07 Å². The Labute approximate surface area is 115 Å². The lowest BCUT2D eigenvalue weighted by molar-refractivity contribution is -0.120. The summed E-state index contributed by atoms with van der Waals surface area (Å²) in [5.74, 6) is -0.971. The number of rotatable bonds is 4. The molecule has 1 atom stereocenters. The highest BCUT2D eigenvalue weighted by Crippen LogP contribution is 2.22. The Balaban J connectivity index is 2.61. The first kappa shape index (κ1) is 15.2. The number of imide groups is 1. The molecule has 1 unspecified atom stereocenters. The van der Waals surface area contributed by atoms with Crippen molar-refractivity contribution in [1.29, 1.82) is 0 Å². The lowest BCUT2D eigenvalue weighted by atomic mass is 10.2. The van der Waals surface area contributed by atoms with E-state index in [9.17, 15) is 14.0 Å². The topological polar surface area (TPSA) is 70.2 Å². The van der Waals surface area contributed by atoms with Crippen LogP contribution in [0.15, 0.2) is 18.2 Å². The van der Waals surface area contributed by atoms with Crippen LogP contribution in [-0.2, 0) is 4.79 Å². The molecule has 0 aromatic heterocycles. The predicted molar refractivity (Wildman–Crippen MR) is 71.7 cm³/mol. The summed E-state index contributed by atoms with van der Waals surface area (Å²) in [5, 5.41) is 7.56. The molecule has 1 aromatic carbocycles. The van der Waals surface area contributed by atoms with Crippen molar-refractivity contribution in [2.24, 2.45) is 0 Å². The standard InChI is InChI=1S/C12H15ClFN3O2/c1-3-15-12(19)17-11(18)7(2)16-10-5-4-8(14)6-9(10)13/h4-7,16H,3H2,1-2H3,(H2,15,17,18,19). The molecule has 0 saturated heterocycles. The second-order valence-corrected chi connectivity index (χ2v) is 4.25. The molecule has 1 aromatic rings. The lowest BCUT2D eigenvalue weighted by Crippen LogP contribution is -2.45. The molecule has 5 nitrogen and oxygen atoms in total. The van der Waals surface area contributed by atoms with E-state index in [1.165, 1.54) is 12.1 Å². The molecular formula is C12H15ClFN3O2. The number of anilines is 1. The van der Waals surface area contributed by atoms with Crippen molar-refractivity contribution < 1.29 is 14.0 Å². The van der Waals surface area contributed by atoms with Crippen molar-refractivity contribution in [3.8, 4) is 0 Å². The fourth-order valence-corrected chi connectivity index (χ4v) is 1.55. The molecule has 3 N–H and O–H groups in total. The summed E-state index contributed by atoms with van der Waals surface area (Å²) in [4.78, 5) is 22.8. The molecule has 0 radical (unpaired) electrons. The van der Waals surface area contributed by atoms with Crippen LogP contribution in [0.4, 0.5) is 14.9 Å². The van der Waals surface area contributed by atoms with Crippen LogP contribution in [-0.4, -0.2) is 24.5 Å². The number of halogens is 2. The first-order valence-corrected chi connectivity index (χ1v) is 6.12. The number of urea groups is 1. The minimum absolute atomic E-state index is 0.164. The van der Waals surface area contributed by atoms with Crippen LogP contribution < -0.4 is 16.0 Å². The van der Waals surface area contributed by atoms with E-state index in [1.807, 2.05) is 0 Å². The van der Waals surface area contributed by atoms with E-state index in [0.29, 0.717) is 12.2 Å². The number of carbonyl (C=O) groups excluding carboxylic acids is 2. The molecule has 0 saturated carbocycles. The Bertz CT molecular complexity index is 482. The second-order valence-electron chi connectivity index (χ2n) is 3.84. The van der Waals surface area contributed by atoms with Gasteiger partial charge >= 0.3 is 6.03 Å². The zero-order valence-corrected chi connectivity index (χ0v) is 11.3. The molecule has 3 amide bonds. The largest absolute Gasteiger partial charge is 0.373 e. The first-order valence-electron chi connectivity index (χ1n) is 5.74. The molecule has 0 aliphatic heterocycles. The van der Waals surface area contributed by atoms with Crippen LogP contribution in [0.2, 0.25) is 5.02 Å². The third-order valence-corrected chi connectivity index (χ3v) is 2.58. The summed E-state index contributed by atoms with van der Waals surface area (Å²) >= 11 is 5.82. The van der Waals surface area contributed by atoms with Crippen LogP contribution in [0.25, 0.3) is 0 Å². The monoisotopic (exact) mass is 287 g/mol. The predicted octanol–water partition coefficient (Wildman–Crippen LogP) is 2.13. The molecule has 7 heteroatoms. The Kier molecular flexibility index (Phi) is 5.57. The van der Waals surface area contributed by atoms with Crippen LogP contribution in [0.1, 0.15) is 13.8 Å². The number of hydrogen-bond donors (Lipinski definition) is 3. The summed E-state index contributed by atoms with van der Waals surface area (Å²) in [6.07, 6.45) is 0. The minimum atomic E-state index is -0.689. The maximum atomic E-state index is 12.9. The van der Waals surface area contributed by atoms with E-state index in [4.69, 9.17) is 11.6 Å². The van der Waals surface area contributed by atoms with Gasteiger partial charge in [-0.3, -0.25) is 10.1 Å². The Morgan fingerprint density at radius 3 is 2.68 bits per heavy atom. The summed E-state index contributed by atoms with van der Waals surface area (Å²) in [7, 11) is 0. The minimum Gasteiger partial charge on any atom is -0.373 e. The van der Waals surface area contributed by atoms with Gasteiger partial charge in [0.2, 0.25) is 5.91 Å². The maximum Gasteiger partial charge on any atom is 0.321 e. The van der Waals surface area contributed by atoms with Gasteiger partial charge in [-0.15, -0.1) is 0 Å². The molecule has 0 spiro atoms. The smallest absolute Gasteiger partial charge is 0.321 e. The molecule has 0 fully saturated rings. The zero-order chi connectivity index (χ0) is 14.4. The molecular weight excluding hydrogens is 273 g/mol. The normalized spacial score (nSPS) is 11.6. The van der Waals surface area contributed by atoms with Crippen LogP contribution in [0.5, 0.6) is 0 Å². The van der Waals surface area contributed by atoms with Gasteiger partial charge in [-0.05, 0) is 32.0 Å². The van der Waals surface area contributed by atoms with E-state index in [1.54, 1.807) is 13.8 Å². The third kappa shape index (κ3) is 4.75. The van der Waals surface area contributed by atoms with Crippen molar-refractivity contribution in [3.63, 3.8) is 0 Å². The molecule has 0 aliphatic carbocycles. The van der Waals surface area contributed by atoms with Crippen molar-refractivity contribution >= 4 is 29.2 Å². The van der Waals surface area contributed by atoms with Crippen molar-refractivity contribution in [1.82, 2.24) is 10.6 Å². The summed E-state index contributed by atoms with van der Waals surface area (Å²) in [6.45, 7) is 3.73. The molecule has 1 rings (SSSR count). The van der Waals surface area contributed by atoms with Crippen molar-refractivity contribution in [3.05, 3.63) is 29.0 Å². The summed E-state index contributed by atoms with van der Waals surface area (Å²) in [6, 6.07) is 2.53. The van der Waals surface area contributed by atoms with Gasteiger partial charge in [0.25, 0.3) is 0 Å². The second kappa shape index (κ2) is 6.94. The molecule has 0 heterocycles. The highest BCUT2D eigenvalue weighted by Gasteiger charge is 2.16. The Morgan fingerprint density at radius 2 is 2.11 bits per heavy atom. The number of amides is 3. The fourth-order valence-electron chi connectivity index (χ4n) is 1.33. The number of nitrogens with one attached hydrogen (secondary N) is 3. The maximum absolute atomic E-state index is 12.9. The van der Waals surface area contributed by atoms with Gasteiger partial charge in [0.05, 0.1) is 10.7 Å². The quantitative estimate of drug-likeness (QED) is 0.794. The first-order chi connectivity index (χ1) is 8.93. The summed E-state index contributed by atoms with van der Waals surface area (Å²) < 4.78 is 12.9. The van der Waals surface area contributed by atoms with Gasteiger partial charge in [0.15, 0.2) is 0 Å². The van der Waals surface area contributed by atoms with Crippen LogP contribution >= 0.6 is 11.6 Å². The summed E-state index contributed by atoms with van der Waals surface area (Å²) in [5.41, 5.74) is 0.418. The van der Waals surface area contributed by atoms with Gasteiger partial charge < -0.3 is 10.6 Å². The lowest BCUT2D eigenvalue weighted by Gasteiger charge is -2.15. The SMILES string of the molecule is CCNC(=O)NC(=O)C(C)Nc1ccc(F)cc1Cl. The van der Waals surface area contributed by atoms with Gasteiger partial charge in [-0.2, -0.15) is 0 Å². The van der Waals surface area contributed by atoms with Gasteiger partial charge in [0.1, 0.15) is 11.9 Å². The van der Waals surface area contributed by atoms with Crippen LogP contribution in [0, 0.1) is 5.82 Å². The zero-order valence-electron chi connectivity index (χ0n) is 10.6. The highest BCUT2D eigenvalue weighted by atomic mass is 35.5. The Hall–Kier alpha value is -1.82. The number of hydrogen-bond acceptors (Lipinski definition) is 3. The Morgan fingerprint density at radius 1 is 1.42 bits per heavy atom. The van der Waals surface area contributed by atoms with E-state index < -0.39 is 23.8 Å². The van der Waals surface area contributed by atoms with Crippen LogP contribution in [0.3, 0.4) is 0 Å². The van der Waals surface area contributed by atoms with Gasteiger partial charge in [-0.25, -0.2) is 9.18 Å². The van der Waals surface area contributed by atoms with E-state index in [-0.39, 0.29) is 5.02 Å². The fraction of sp³-hybridized carbons (Fsp3) is 0.333. The molecule has 19 heavy (non-hydrogen) atoms. The van der Waals surface area contributed by atoms with Crippen molar-refractivity contribution in [2.45, 2.75) is 19.9 Å². The molecule has 0 aliphatic rings. The van der Waals surface area contributed by atoms with Gasteiger partial charge in [-0.1, -0.05) is 11.6 Å². The average Bonchev–Trinajstić information content (AvgIpc) is 2.32. The van der Waals surface area contributed by atoms with Gasteiger partial charge in [0, 0.05) is 6.54 Å². The molecule has 0 bridgehead atoms. The number of carbonyl (C=O) groups is 2. The van der Waals surface area contributed by atoms with E-state index in [2.05, 4.69) is 16.0 Å². The van der Waals surface area contributed by atoms with Crippen molar-refractivity contribution in [2.75, 3.05) is 11.9 Å². The number of benzene rings is 1. The average molecular weight is 288 g/mol. The molecule has 104 valence electrons. The highest BCUT2D eigenvalue weighted by molar-refractivity contribution is 6.33.